The number of hydrogen-bond donors (Lipinski definition) is 1. The summed E-state index contributed by atoms with van der Waals surface area (Å²) in [5.74, 6) is 0. The molecule has 0 spiro atoms. The van der Waals surface area contributed by atoms with Crippen molar-refractivity contribution in [2.75, 3.05) is 12.5 Å². The van der Waals surface area contributed by atoms with Crippen molar-refractivity contribution in [3.05, 3.63) is 58.7 Å². The topological polar surface area (TPSA) is 118 Å². The molecule has 0 saturated heterocycles. The number of nitrogens with two attached hydrogens (primary N) is 1. The van der Waals surface area contributed by atoms with Crippen LogP contribution in [0.25, 0.3) is 0 Å². The summed E-state index contributed by atoms with van der Waals surface area (Å²) >= 11 is 4.79. The fourth-order valence-electron chi connectivity index (χ4n) is 2.13. The molecular formula is C18H20N2O4S3. The molecule has 144 valence electrons. The maximum absolute atomic E-state index is 11.3. The van der Waals surface area contributed by atoms with Gasteiger partial charge in [-0.3, -0.25) is 0 Å². The minimum Gasteiger partial charge on any atom is -0.389 e. The molecule has 0 fully saturated rings. The molecule has 6 nitrogen and oxygen atoms in total. The van der Waals surface area contributed by atoms with Crippen molar-refractivity contribution in [1.82, 2.24) is 0 Å². The average Bonchev–Trinajstić information content (AvgIpc) is 2.52. The van der Waals surface area contributed by atoms with Crippen LogP contribution in [0.3, 0.4) is 0 Å². The third-order valence-electron chi connectivity index (χ3n) is 3.37. The van der Waals surface area contributed by atoms with E-state index < -0.39 is 19.7 Å². The molecule has 0 unspecified atom stereocenters. The van der Waals surface area contributed by atoms with Gasteiger partial charge >= 0.3 is 0 Å². The maximum Gasteiger partial charge on any atom is 0.175 e. The second kappa shape index (κ2) is 8.61. The molecule has 2 rings (SSSR count). The molecule has 0 heterocycles. The van der Waals surface area contributed by atoms with Crippen LogP contribution in [0.5, 0.6) is 0 Å². The summed E-state index contributed by atoms with van der Waals surface area (Å²) in [6.45, 7) is 3.56. The van der Waals surface area contributed by atoms with E-state index in [1.165, 1.54) is 12.1 Å². The zero-order chi connectivity index (χ0) is 21.0. The molecule has 9 heteroatoms. The summed E-state index contributed by atoms with van der Waals surface area (Å²) in [4.78, 5) is 0.656. The summed E-state index contributed by atoms with van der Waals surface area (Å²) in [5.41, 5.74) is 8.00. The zero-order valence-corrected chi connectivity index (χ0v) is 17.8. The Balaban J connectivity index is 0.000000271. The van der Waals surface area contributed by atoms with Crippen molar-refractivity contribution >= 4 is 36.9 Å². The average molecular weight is 425 g/mol. The second-order valence-electron chi connectivity index (χ2n) is 6.09. The van der Waals surface area contributed by atoms with E-state index in [1.54, 1.807) is 38.1 Å². The Labute approximate surface area is 165 Å². The van der Waals surface area contributed by atoms with E-state index >= 15 is 0 Å². The van der Waals surface area contributed by atoms with Crippen LogP contribution in [0.15, 0.2) is 46.2 Å². The Kier molecular flexibility index (Phi) is 7.25. The van der Waals surface area contributed by atoms with Crippen LogP contribution in [-0.4, -0.2) is 34.3 Å². The highest BCUT2D eigenvalue weighted by Gasteiger charge is 2.10. The van der Waals surface area contributed by atoms with Crippen LogP contribution in [0.2, 0.25) is 0 Å². The highest BCUT2D eigenvalue weighted by molar-refractivity contribution is 7.91. The lowest BCUT2D eigenvalue weighted by atomic mass is 10.1. The van der Waals surface area contributed by atoms with Gasteiger partial charge in [0.1, 0.15) is 4.99 Å². The van der Waals surface area contributed by atoms with E-state index in [0.29, 0.717) is 11.1 Å². The lowest BCUT2D eigenvalue weighted by molar-refractivity contribution is 0.600. The van der Waals surface area contributed by atoms with E-state index in [0.717, 1.165) is 23.6 Å². The molecule has 0 bridgehead atoms. The molecule has 0 aromatic heterocycles. The Bertz CT molecular complexity index is 1130. The number of hydrogen-bond acceptors (Lipinski definition) is 6. The molecule has 2 N–H and O–H groups in total. The monoisotopic (exact) mass is 424 g/mol. The molecule has 0 aliphatic heterocycles. The molecule has 0 aliphatic carbocycles. The number of rotatable bonds is 3. The molecule has 0 radical (unpaired) electrons. The first-order valence-corrected chi connectivity index (χ1v) is 11.8. The van der Waals surface area contributed by atoms with Crippen molar-refractivity contribution in [2.45, 2.75) is 23.6 Å². The van der Waals surface area contributed by atoms with E-state index in [-0.39, 0.29) is 14.8 Å². The minimum absolute atomic E-state index is 0.198. The van der Waals surface area contributed by atoms with Crippen LogP contribution in [0.4, 0.5) is 0 Å². The Morgan fingerprint density at radius 1 is 0.889 bits per heavy atom. The van der Waals surface area contributed by atoms with Gasteiger partial charge in [-0.1, -0.05) is 12.2 Å². The molecule has 2 aromatic carbocycles. The number of thiocarbonyl (C=S) groups is 1. The fourth-order valence-corrected chi connectivity index (χ4v) is 3.73. The van der Waals surface area contributed by atoms with Gasteiger partial charge < -0.3 is 5.73 Å². The van der Waals surface area contributed by atoms with Gasteiger partial charge in [-0.2, -0.15) is 5.26 Å². The van der Waals surface area contributed by atoms with Crippen molar-refractivity contribution in [3.8, 4) is 6.07 Å². The lowest BCUT2D eigenvalue weighted by Gasteiger charge is -2.04. The van der Waals surface area contributed by atoms with E-state index in [4.69, 9.17) is 23.2 Å². The highest BCUT2D eigenvalue weighted by Crippen LogP contribution is 2.15. The number of benzene rings is 2. The van der Waals surface area contributed by atoms with Gasteiger partial charge in [0.25, 0.3) is 0 Å². The first-order valence-electron chi connectivity index (χ1n) is 7.57. The first kappa shape index (κ1) is 22.8. The second-order valence-corrected chi connectivity index (χ2v) is 10.6. The van der Waals surface area contributed by atoms with Crippen molar-refractivity contribution in [3.63, 3.8) is 0 Å². The van der Waals surface area contributed by atoms with Crippen LogP contribution >= 0.6 is 12.2 Å². The van der Waals surface area contributed by atoms with Gasteiger partial charge in [0.05, 0.1) is 21.4 Å². The lowest BCUT2D eigenvalue weighted by Crippen LogP contribution is -2.11. The van der Waals surface area contributed by atoms with Gasteiger partial charge in [0.2, 0.25) is 0 Å². The molecule has 0 amide bonds. The standard InChI is InChI=1S/C9H11NO2S2.C9H9NO2S/c1-6-3-7(9(10)13)5-8(4-6)14(2,11)12;1-7-3-8(6-10)5-9(4-7)13(2,11)12/h3-5H,1-2H3,(H2,10,13);3-5H,1-2H3. The number of aryl methyl sites for hydroxylation is 2. The van der Waals surface area contributed by atoms with Gasteiger partial charge in [-0.25, -0.2) is 16.8 Å². The van der Waals surface area contributed by atoms with Crippen LogP contribution in [-0.2, 0) is 19.7 Å². The zero-order valence-electron chi connectivity index (χ0n) is 15.3. The maximum atomic E-state index is 11.3. The smallest absolute Gasteiger partial charge is 0.175 e. The summed E-state index contributed by atoms with van der Waals surface area (Å²) < 4.78 is 44.8. The SMILES string of the molecule is Cc1cc(C#N)cc(S(C)(=O)=O)c1.Cc1cc(C(N)=S)cc(S(C)(=O)=O)c1. The predicted octanol–water partition coefficient (Wildman–Crippen LogP) is 2.30. The summed E-state index contributed by atoms with van der Waals surface area (Å²) in [7, 11) is -6.41. The van der Waals surface area contributed by atoms with Crippen LogP contribution in [0.1, 0.15) is 22.3 Å². The Morgan fingerprint density at radius 2 is 1.33 bits per heavy atom. The summed E-state index contributed by atoms with van der Waals surface area (Å²) in [5, 5.41) is 8.61. The highest BCUT2D eigenvalue weighted by atomic mass is 32.2. The van der Waals surface area contributed by atoms with Gasteiger partial charge in [-0.05, 0) is 61.4 Å². The van der Waals surface area contributed by atoms with Crippen LogP contribution in [0, 0.1) is 25.2 Å². The van der Waals surface area contributed by atoms with Gasteiger partial charge in [-0.15, -0.1) is 0 Å². The van der Waals surface area contributed by atoms with E-state index in [9.17, 15) is 16.8 Å². The van der Waals surface area contributed by atoms with E-state index in [1.807, 2.05) is 6.07 Å². The van der Waals surface area contributed by atoms with E-state index in [2.05, 4.69) is 0 Å². The molecule has 2 aromatic rings. The third kappa shape index (κ3) is 7.09. The third-order valence-corrected chi connectivity index (χ3v) is 5.79. The van der Waals surface area contributed by atoms with Crippen molar-refractivity contribution < 1.29 is 16.8 Å². The summed E-state index contributed by atoms with van der Waals surface area (Å²) in [6, 6.07) is 11.3. The number of nitriles is 1. The molecule has 27 heavy (non-hydrogen) atoms. The molecule has 0 atom stereocenters. The Morgan fingerprint density at radius 3 is 1.74 bits per heavy atom. The summed E-state index contributed by atoms with van der Waals surface area (Å²) in [6.07, 6.45) is 2.29. The first-order chi connectivity index (χ1) is 12.2. The minimum atomic E-state index is -3.21. The Hall–Kier alpha value is -2.28. The predicted molar refractivity (Wildman–Crippen MR) is 109 cm³/mol. The van der Waals surface area contributed by atoms with Crippen LogP contribution < -0.4 is 5.73 Å². The fraction of sp³-hybridized carbons (Fsp3) is 0.222. The number of sulfone groups is 2. The molecular weight excluding hydrogens is 404 g/mol. The van der Waals surface area contributed by atoms with Gasteiger partial charge in [0, 0.05) is 18.1 Å². The molecule has 0 aliphatic rings. The largest absolute Gasteiger partial charge is 0.389 e. The number of nitrogens with zero attached hydrogens (tertiary/aromatic N) is 1. The quantitative estimate of drug-likeness (QED) is 0.751. The van der Waals surface area contributed by atoms with Crippen molar-refractivity contribution in [2.24, 2.45) is 5.73 Å². The van der Waals surface area contributed by atoms with Crippen molar-refractivity contribution in [1.29, 1.82) is 5.26 Å². The molecule has 0 saturated carbocycles. The van der Waals surface area contributed by atoms with Gasteiger partial charge in [0.15, 0.2) is 19.7 Å². The normalized spacial score (nSPS) is 11.1.